The van der Waals surface area contributed by atoms with Gasteiger partial charge in [0.05, 0.1) is 15.5 Å². The Morgan fingerprint density at radius 2 is 1.65 bits per heavy atom. The summed E-state index contributed by atoms with van der Waals surface area (Å²) < 4.78 is 39.7. The smallest absolute Gasteiger partial charge is 0.259 e. The maximum Gasteiger partial charge on any atom is 0.259 e. The molecule has 0 radical (unpaired) electrons. The number of carbonyl (C=O) groups excluding carboxylic acids is 1. The minimum Gasteiger partial charge on any atom is -0.311 e. The maximum atomic E-state index is 13.1. The first-order valence-electron chi connectivity index (χ1n) is 8.05. The zero-order valence-electron chi connectivity index (χ0n) is 14.7. The largest absolute Gasteiger partial charge is 0.311 e. The third-order valence-corrected chi connectivity index (χ3v) is 6.41. The van der Waals surface area contributed by atoms with Crippen molar-refractivity contribution >= 4 is 33.2 Å². The third-order valence-electron chi connectivity index (χ3n) is 4.03. The van der Waals surface area contributed by atoms with Crippen LogP contribution in [0.4, 0.5) is 10.1 Å². The Balaban J connectivity index is 2.43. The summed E-state index contributed by atoms with van der Waals surface area (Å²) in [6, 6.07) is 9.44. The molecule has 8 heteroatoms. The Morgan fingerprint density at radius 1 is 1.08 bits per heavy atom. The summed E-state index contributed by atoms with van der Waals surface area (Å²) in [6.45, 7) is 4.12. The van der Waals surface area contributed by atoms with Crippen molar-refractivity contribution in [2.75, 3.05) is 25.0 Å². The quantitative estimate of drug-likeness (QED) is 0.743. The third kappa shape index (κ3) is 4.06. The second-order valence-electron chi connectivity index (χ2n) is 5.57. The van der Waals surface area contributed by atoms with Crippen molar-refractivity contribution in [1.82, 2.24) is 4.31 Å². The molecule has 0 aliphatic carbocycles. The Morgan fingerprint density at radius 3 is 2.19 bits per heavy atom. The lowest BCUT2D eigenvalue weighted by molar-refractivity contribution is 0.0993. The van der Waals surface area contributed by atoms with Crippen LogP contribution in [0.15, 0.2) is 47.4 Å². The molecular formula is C18H20ClFN2O3S. The number of sulfonamides is 1. The molecular weight excluding hydrogens is 379 g/mol. The minimum atomic E-state index is -3.72. The number of amides is 1. The van der Waals surface area contributed by atoms with Gasteiger partial charge in [-0.2, -0.15) is 4.31 Å². The number of rotatable bonds is 6. The molecule has 0 aliphatic heterocycles. The highest BCUT2D eigenvalue weighted by Gasteiger charge is 2.25. The monoisotopic (exact) mass is 398 g/mol. The van der Waals surface area contributed by atoms with Gasteiger partial charge in [-0.1, -0.05) is 25.4 Å². The topological polar surface area (TPSA) is 57.7 Å². The zero-order chi connectivity index (χ0) is 19.5. The molecule has 5 nitrogen and oxygen atoms in total. The summed E-state index contributed by atoms with van der Waals surface area (Å²) in [5, 5.41) is 0.141. The van der Waals surface area contributed by atoms with E-state index < -0.39 is 21.7 Å². The number of carbonyl (C=O) groups is 1. The van der Waals surface area contributed by atoms with Crippen LogP contribution in [0.3, 0.4) is 0 Å². The first-order chi connectivity index (χ1) is 12.2. The molecule has 0 unspecified atom stereocenters. The maximum absolute atomic E-state index is 13.1. The lowest BCUT2D eigenvalue weighted by Gasteiger charge is -2.21. The van der Waals surface area contributed by atoms with Crippen LogP contribution in [0, 0.1) is 5.82 Å². The van der Waals surface area contributed by atoms with Crippen LogP contribution in [-0.4, -0.2) is 38.8 Å². The Hall–Kier alpha value is -1.96. The fourth-order valence-electron chi connectivity index (χ4n) is 2.50. The number of nitrogens with zero attached hydrogens (tertiary/aromatic N) is 2. The molecule has 140 valence electrons. The molecule has 0 atom stereocenters. The van der Waals surface area contributed by atoms with E-state index >= 15 is 0 Å². The Bertz CT molecular complexity index is 897. The molecule has 1 amide bonds. The highest BCUT2D eigenvalue weighted by atomic mass is 35.5. The highest BCUT2D eigenvalue weighted by molar-refractivity contribution is 7.89. The van der Waals surface area contributed by atoms with Crippen LogP contribution >= 0.6 is 11.6 Å². The van der Waals surface area contributed by atoms with Crippen LogP contribution in [0.1, 0.15) is 24.2 Å². The van der Waals surface area contributed by atoms with Crippen molar-refractivity contribution in [2.24, 2.45) is 0 Å². The van der Waals surface area contributed by atoms with Gasteiger partial charge in [-0.3, -0.25) is 4.79 Å². The lowest BCUT2D eigenvalue weighted by atomic mass is 10.2. The molecule has 2 aromatic rings. The highest BCUT2D eigenvalue weighted by Crippen LogP contribution is 2.25. The van der Waals surface area contributed by atoms with Crippen LogP contribution in [0.25, 0.3) is 0 Å². The van der Waals surface area contributed by atoms with E-state index in [1.54, 1.807) is 13.8 Å². The van der Waals surface area contributed by atoms with Gasteiger partial charge in [0.1, 0.15) is 5.82 Å². The summed E-state index contributed by atoms with van der Waals surface area (Å²) in [6.07, 6.45) is 0. The molecule has 0 aliphatic rings. The first-order valence-corrected chi connectivity index (χ1v) is 9.87. The van der Waals surface area contributed by atoms with Crippen molar-refractivity contribution in [3.63, 3.8) is 0 Å². The summed E-state index contributed by atoms with van der Waals surface area (Å²) >= 11 is 6.13. The fraction of sp³-hybridized carbons (Fsp3) is 0.278. The van der Waals surface area contributed by atoms with Gasteiger partial charge in [0.25, 0.3) is 5.91 Å². The van der Waals surface area contributed by atoms with E-state index in [9.17, 15) is 17.6 Å². The molecule has 26 heavy (non-hydrogen) atoms. The van der Waals surface area contributed by atoms with E-state index in [-0.39, 0.29) is 15.5 Å². The number of halogens is 2. The standard InChI is InChI=1S/C18H20ClFN2O3S/c1-4-22(5-2)26(24,25)15-10-11-17(19)16(12-15)18(23)21(3)14-8-6-13(20)7-9-14/h6-12H,4-5H2,1-3H3. The van der Waals surface area contributed by atoms with Crippen molar-refractivity contribution in [3.8, 4) is 0 Å². The van der Waals surface area contributed by atoms with Gasteiger partial charge < -0.3 is 4.90 Å². The number of benzene rings is 2. The van der Waals surface area contributed by atoms with Crippen molar-refractivity contribution in [3.05, 3.63) is 58.9 Å². The van der Waals surface area contributed by atoms with E-state index in [0.717, 1.165) is 0 Å². The first kappa shape index (κ1) is 20.4. The number of anilines is 1. The van der Waals surface area contributed by atoms with Gasteiger partial charge in [-0.15, -0.1) is 0 Å². The van der Waals surface area contributed by atoms with Gasteiger partial charge in [0.15, 0.2) is 0 Å². The van der Waals surface area contributed by atoms with E-state index in [4.69, 9.17) is 11.6 Å². The van der Waals surface area contributed by atoms with Crippen LogP contribution < -0.4 is 4.90 Å². The summed E-state index contributed by atoms with van der Waals surface area (Å²) in [4.78, 5) is 14.1. The van der Waals surface area contributed by atoms with Crippen LogP contribution in [0.5, 0.6) is 0 Å². The second-order valence-corrected chi connectivity index (χ2v) is 7.92. The SMILES string of the molecule is CCN(CC)S(=O)(=O)c1ccc(Cl)c(C(=O)N(C)c2ccc(F)cc2)c1. The summed E-state index contributed by atoms with van der Waals surface area (Å²) in [5.74, 6) is -0.904. The van der Waals surface area contributed by atoms with E-state index in [0.29, 0.717) is 18.8 Å². The predicted molar refractivity (Wildman–Crippen MR) is 101 cm³/mol. The lowest BCUT2D eigenvalue weighted by Crippen LogP contribution is -2.31. The molecule has 0 fully saturated rings. The van der Waals surface area contributed by atoms with Crippen LogP contribution in [0.2, 0.25) is 5.02 Å². The zero-order valence-corrected chi connectivity index (χ0v) is 16.3. The number of hydrogen-bond donors (Lipinski definition) is 0. The second kappa shape index (κ2) is 8.16. The molecule has 0 N–H and O–H groups in total. The Kier molecular flexibility index (Phi) is 6.39. The van der Waals surface area contributed by atoms with E-state index in [1.165, 1.54) is 58.7 Å². The molecule has 2 aromatic carbocycles. The molecule has 0 spiro atoms. The molecule has 0 heterocycles. The summed E-state index contributed by atoms with van der Waals surface area (Å²) in [5.41, 5.74) is 0.524. The van der Waals surface area contributed by atoms with E-state index in [2.05, 4.69) is 0 Å². The van der Waals surface area contributed by atoms with Crippen molar-refractivity contribution in [1.29, 1.82) is 0 Å². The average molecular weight is 399 g/mol. The van der Waals surface area contributed by atoms with Gasteiger partial charge in [0.2, 0.25) is 10.0 Å². The van der Waals surface area contributed by atoms with Gasteiger partial charge >= 0.3 is 0 Å². The van der Waals surface area contributed by atoms with Gasteiger partial charge in [-0.05, 0) is 42.5 Å². The molecule has 0 saturated heterocycles. The molecule has 0 bridgehead atoms. The van der Waals surface area contributed by atoms with Gasteiger partial charge in [0, 0.05) is 25.8 Å². The average Bonchev–Trinajstić information content (AvgIpc) is 2.62. The van der Waals surface area contributed by atoms with Crippen LogP contribution in [-0.2, 0) is 10.0 Å². The molecule has 0 saturated carbocycles. The van der Waals surface area contributed by atoms with Gasteiger partial charge in [-0.25, -0.2) is 12.8 Å². The Labute approximate surface area is 158 Å². The molecule has 2 rings (SSSR count). The summed E-state index contributed by atoms with van der Waals surface area (Å²) in [7, 11) is -2.20. The predicted octanol–water partition coefficient (Wildman–Crippen LogP) is 3.79. The van der Waals surface area contributed by atoms with Crippen molar-refractivity contribution < 1.29 is 17.6 Å². The van der Waals surface area contributed by atoms with E-state index in [1.807, 2.05) is 0 Å². The van der Waals surface area contributed by atoms with Crippen molar-refractivity contribution in [2.45, 2.75) is 18.7 Å². The number of hydrogen-bond acceptors (Lipinski definition) is 3. The normalized spacial score (nSPS) is 11.6. The fourth-order valence-corrected chi connectivity index (χ4v) is 4.19. The molecule has 0 aromatic heterocycles. The minimum absolute atomic E-state index is 0.00135.